The van der Waals surface area contributed by atoms with Crippen molar-refractivity contribution in [3.05, 3.63) is 120 Å². The molecule has 0 radical (unpaired) electrons. The number of hydrogen-bond acceptors (Lipinski definition) is 6. The molecule has 0 bridgehead atoms. The van der Waals surface area contributed by atoms with E-state index in [-0.39, 0.29) is 30.7 Å². The third kappa shape index (κ3) is 8.36. The third-order valence-electron chi connectivity index (χ3n) is 8.08. The topological polar surface area (TPSA) is 91.0 Å². The van der Waals surface area contributed by atoms with Crippen molar-refractivity contribution in [2.45, 2.75) is 18.6 Å². The minimum Gasteiger partial charge on any atom is -0.469 e. The Morgan fingerprint density at radius 3 is 2.09 bits per heavy atom. The lowest BCUT2D eigenvalue weighted by atomic mass is 9.98. The van der Waals surface area contributed by atoms with Crippen LogP contribution in [0.4, 0.5) is 24.5 Å². The molecule has 0 aliphatic carbocycles. The number of esters is 1. The van der Waals surface area contributed by atoms with Crippen LogP contribution in [-0.4, -0.2) is 62.5 Å². The Balaban J connectivity index is 1.21. The summed E-state index contributed by atoms with van der Waals surface area (Å²) in [5.41, 5.74) is 3.04. The largest absolute Gasteiger partial charge is 0.469 e. The van der Waals surface area contributed by atoms with Crippen molar-refractivity contribution in [2.24, 2.45) is 0 Å². The first-order valence-corrected chi connectivity index (χ1v) is 15.2. The van der Waals surface area contributed by atoms with Gasteiger partial charge in [-0.05, 0) is 59.2 Å². The van der Waals surface area contributed by atoms with Crippen LogP contribution in [0.5, 0.6) is 0 Å². The molecule has 1 fully saturated rings. The Labute approximate surface area is 271 Å². The summed E-state index contributed by atoms with van der Waals surface area (Å²) < 4.78 is 43.8. The maximum Gasteiger partial charge on any atom is 0.416 e. The van der Waals surface area contributed by atoms with Gasteiger partial charge in [0.15, 0.2) is 0 Å². The number of piperazine rings is 1. The van der Waals surface area contributed by atoms with E-state index in [4.69, 9.17) is 0 Å². The van der Waals surface area contributed by atoms with Crippen LogP contribution in [0.15, 0.2) is 103 Å². The predicted octanol–water partition coefficient (Wildman–Crippen LogP) is 6.17. The van der Waals surface area contributed by atoms with Gasteiger partial charge in [0, 0.05) is 49.7 Å². The minimum absolute atomic E-state index is 0.0969. The minimum atomic E-state index is -4.44. The molecule has 244 valence electrons. The predicted molar refractivity (Wildman–Crippen MR) is 174 cm³/mol. The van der Waals surface area contributed by atoms with E-state index in [2.05, 4.69) is 25.2 Å². The highest BCUT2D eigenvalue weighted by Crippen LogP contribution is 2.32. The van der Waals surface area contributed by atoms with Gasteiger partial charge in [-0.25, -0.2) is 0 Å². The van der Waals surface area contributed by atoms with Crippen molar-refractivity contribution in [1.29, 1.82) is 0 Å². The Morgan fingerprint density at radius 2 is 1.45 bits per heavy atom. The molecule has 1 unspecified atom stereocenters. The summed E-state index contributed by atoms with van der Waals surface area (Å²) in [7, 11) is 1.31. The molecular formula is C36H35F3N4O4. The molecule has 2 amide bonds. The molecular weight excluding hydrogens is 609 g/mol. The molecule has 0 saturated carbocycles. The number of benzene rings is 4. The van der Waals surface area contributed by atoms with E-state index in [1.54, 1.807) is 24.3 Å². The van der Waals surface area contributed by atoms with Gasteiger partial charge in [0.25, 0.3) is 5.91 Å². The molecule has 47 heavy (non-hydrogen) atoms. The quantitative estimate of drug-likeness (QED) is 0.201. The van der Waals surface area contributed by atoms with Crippen LogP contribution in [0, 0.1) is 0 Å². The van der Waals surface area contributed by atoms with E-state index in [1.165, 1.54) is 19.2 Å². The van der Waals surface area contributed by atoms with E-state index in [9.17, 15) is 27.6 Å². The summed E-state index contributed by atoms with van der Waals surface area (Å²) >= 11 is 0. The van der Waals surface area contributed by atoms with Crippen molar-refractivity contribution in [2.75, 3.05) is 50.1 Å². The highest BCUT2D eigenvalue weighted by Gasteiger charge is 2.31. The molecule has 1 aliphatic heterocycles. The van der Waals surface area contributed by atoms with Gasteiger partial charge < -0.3 is 20.3 Å². The molecule has 0 spiro atoms. The van der Waals surface area contributed by atoms with E-state index >= 15 is 0 Å². The number of nitrogens with one attached hydrogen (secondary N) is 2. The first kappa shape index (κ1) is 33.2. The number of amides is 2. The molecule has 0 aromatic heterocycles. The normalized spacial score (nSPS) is 14.3. The molecule has 1 heterocycles. The highest BCUT2D eigenvalue weighted by molar-refractivity contribution is 6.08. The molecule has 1 saturated heterocycles. The van der Waals surface area contributed by atoms with Crippen LogP contribution in [0.2, 0.25) is 0 Å². The average Bonchev–Trinajstić information content (AvgIpc) is 3.09. The van der Waals surface area contributed by atoms with Crippen LogP contribution in [-0.2, 0) is 20.5 Å². The zero-order chi connectivity index (χ0) is 33.4. The van der Waals surface area contributed by atoms with Crippen molar-refractivity contribution in [3.63, 3.8) is 0 Å². The lowest BCUT2D eigenvalue weighted by Gasteiger charge is -2.39. The highest BCUT2D eigenvalue weighted by atomic mass is 19.4. The Morgan fingerprint density at radius 1 is 0.809 bits per heavy atom. The summed E-state index contributed by atoms with van der Waals surface area (Å²) in [5, 5.41) is 5.77. The fourth-order valence-corrected chi connectivity index (χ4v) is 5.61. The van der Waals surface area contributed by atoms with E-state index in [0.29, 0.717) is 48.6 Å². The molecule has 2 N–H and O–H groups in total. The molecule has 8 nitrogen and oxygen atoms in total. The number of ether oxygens (including phenoxy) is 1. The summed E-state index contributed by atoms with van der Waals surface area (Å²) in [6.45, 7) is 2.79. The second-order valence-electron chi connectivity index (χ2n) is 11.1. The lowest BCUT2D eigenvalue weighted by molar-refractivity contribution is -0.140. The molecule has 1 aliphatic rings. The van der Waals surface area contributed by atoms with Crippen molar-refractivity contribution in [3.8, 4) is 11.1 Å². The van der Waals surface area contributed by atoms with Crippen LogP contribution in [0.25, 0.3) is 11.1 Å². The Hall–Kier alpha value is -5.16. The standard InChI is InChI=1S/C36H35F3N4O4/c1-47-32(44)19-20-40-35(46)33(26-7-3-2-4-8-26)43-23-21-42(22-24-43)29-17-15-28(16-18-29)41-34(45)31-10-6-5-9-30(31)25-11-13-27(14-12-25)36(37,38)39/h2-18,33H,19-24H2,1H3,(H,40,46)(H,41,45). The van der Waals surface area contributed by atoms with Crippen molar-refractivity contribution in [1.82, 2.24) is 10.2 Å². The maximum atomic E-state index is 13.2. The Bertz CT molecular complexity index is 1670. The third-order valence-corrected chi connectivity index (χ3v) is 8.08. The fourth-order valence-electron chi connectivity index (χ4n) is 5.61. The van der Waals surface area contributed by atoms with Crippen LogP contribution in [0.3, 0.4) is 0 Å². The number of hydrogen-bond donors (Lipinski definition) is 2. The SMILES string of the molecule is COC(=O)CCNC(=O)C(c1ccccc1)N1CCN(c2ccc(NC(=O)c3ccccc3-c3ccc(C(F)(F)F)cc3)cc2)CC1. The van der Waals surface area contributed by atoms with E-state index in [1.807, 2.05) is 54.6 Å². The number of anilines is 2. The monoisotopic (exact) mass is 644 g/mol. The van der Waals surface area contributed by atoms with Crippen LogP contribution >= 0.6 is 0 Å². The van der Waals surface area contributed by atoms with Gasteiger partial charge in [0.1, 0.15) is 6.04 Å². The van der Waals surface area contributed by atoms with Crippen molar-refractivity contribution < 1.29 is 32.3 Å². The number of halogens is 3. The number of carbonyl (C=O) groups excluding carboxylic acids is 3. The number of nitrogens with zero attached hydrogens (tertiary/aromatic N) is 2. The first-order chi connectivity index (χ1) is 22.6. The van der Waals surface area contributed by atoms with Gasteiger partial charge in [-0.1, -0.05) is 60.7 Å². The number of carbonyl (C=O) groups is 3. The van der Waals surface area contributed by atoms with E-state index in [0.717, 1.165) is 23.4 Å². The maximum absolute atomic E-state index is 13.2. The van der Waals surface area contributed by atoms with Gasteiger partial charge in [0.2, 0.25) is 5.91 Å². The van der Waals surface area contributed by atoms with Crippen molar-refractivity contribution >= 4 is 29.2 Å². The number of alkyl halides is 3. The second kappa shape index (κ2) is 15.0. The molecule has 11 heteroatoms. The molecule has 4 aromatic rings. The van der Waals surface area contributed by atoms with Gasteiger partial charge in [0.05, 0.1) is 19.1 Å². The summed E-state index contributed by atoms with van der Waals surface area (Å²) in [5.74, 6) is -0.934. The van der Waals surface area contributed by atoms with Crippen LogP contribution < -0.4 is 15.5 Å². The molecule has 4 aromatic carbocycles. The summed E-state index contributed by atoms with van der Waals surface area (Å²) in [6.07, 6.45) is -4.34. The van der Waals surface area contributed by atoms with Gasteiger partial charge in [-0.15, -0.1) is 0 Å². The summed E-state index contributed by atoms with van der Waals surface area (Å²) in [4.78, 5) is 42.3. The van der Waals surface area contributed by atoms with E-state index < -0.39 is 17.8 Å². The Kier molecular flexibility index (Phi) is 10.6. The average molecular weight is 645 g/mol. The van der Waals surface area contributed by atoms with Gasteiger partial charge in [-0.2, -0.15) is 13.2 Å². The van der Waals surface area contributed by atoms with Crippen LogP contribution in [0.1, 0.15) is 33.9 Å². The number of methoxy groups -OCH3 is 1. The first-order valence-electron chi connectivity index (χ1n) is 15.2. The zero-order valence-corrected chi connectivity index (χ0v) is 25.8. The fraction of sp³-hybridized carbons (Fsp3) is 0.250. The van der Waals surface area contributed by atoms with Gasteiger partial charge >= 0.3 is 12.1 Å². The smallest absolute Gasteiger partial charge is 0.416 e. The zero-order valence-electron chi connectivity index (χ0n) is 25.8. The lowest BCUT2D eigenvalue weighted by Crippen LogP contribution is -2.51. The number of rotatable bonds is 10. The molecule has 1 atom stereocenters. The second-order valence-corrected chi connectivity index (χ2v) is 11.1. The molecule has 5 rings (SSSR count). The summed E-state index contributed by atoms with van der Waals surface area (Å²) in [6, 6.07) is 28.0. The van der Waals surface area contributed by atoms with Gasteiger partial charge in [-0.3, -0.25) is 19.3 Å².